The van der Waals surface area contributed by atoms with Gasteiger partial charge in [-0.1, -0.05) is 39.0 Å². The van der Waals surface area contributed by atoms with Crippen LogP contribution >= 0.6 is 0 Å². The number of hydrogen-bond donors (Lipinski definition) is 1. The fourth-order valence-corrected chi connectivity index (χ4v) is 2.34. The molecular formula is C19H18FNO2. The van der Waals surface area contributed by atoms with Gasteiger partial charge in [0.2, 0.25) is 0 Å². The average Bonchev–Trinajstić information content (AvgIpc) is 2.49. The minimum absolute atomic E-state index is 0.00993. The highest BCUT2D eigenvalue weighted by molar-refractivity contribution is 6.08. The third-order valence-corrected chi connectivity index (χ3v) is 3.71. The minimum atomic E-state index is -0.318. The highest BCUT2D eigenvalue weighted by atomic mass is 19.1. The summed E-state index contributed by atoms with van der Waals surface area (Å²) < 4.78 is 18.6. The summed E-state index contributed by atoms with van der Waals surface area (Å²) >= 11 is 0. The second-order valence-electron chi connectivity index (χ2n) is 6.58. The summed E-state index contributed by atoms with van der Waals surface area (Å²) in [6, 6.07) is 11.7. The molecule has 1 aliphatic rings. The molecule has 1 N–H and O–H groups in total. The van der Waals surface area contributed by atoms with E-state index in [1.807, 2.05) is 18.2 Å². The smallest absolute Gasteiger partial charge is 0.291 e. The van der Waals surface area contributed by atoms with E-state index in [2.05, 4.69) is 26.1 Å². The van der Waals surface area contributed by atoms with Crippen molar-refractivity contribution in [1.29, 1.82) is 0 Å². The molecule has 1 heterocycles. The highest BCUT2D eigenvalue weighted by Gasteiger charge is 2.24. The van der Waals surface area contributed by atoms with Crippen LogP contribution in [0.15, 0.2) is 48.2 Å². The van der Waals surface area contributed by atoms with Crippen LogP contribution in [0.25, 0.3) is 6.08 Å². The average molecular weight is 311 g/mol. The van der Waals surface area contributed by atoms with E-state index in [0.717, 1.165) is 5.56 Å². The topological polar surface area (TPSA) is 38.3 Å². The molecule has 1 aliphatic heterocycles. The molecular weight excluding hydrogens is 293 g/mol. The van der Waals surface area contributed by atoms with Crippen molar-refractivity contribution in [2.75, 3.05) is 5.32 Å². The summed E-state index contributed by atoms with van der Waals surface area (Å²) in [5.74, 6) is 0.160. The van der Waals surface area contributed by atoms with Gasteiger partial charge in [0.1, 0.15) is 5.82 Å². The first-order valence-corrected chi connectivity index (χ1v) is 7.44. The van der Waals surface area contributed by atoms with Crippen LogP contribution in [0.4, 0.5) is 10.1 Å². The predicted molar refractivity (Wildman–Crippen MR) is 88.8 cm³/mol. The highest BCUT2D eigenvalue weighted by Crippen LogP contribution is 2.35. The number of halogens is 1. The predicted octanol–water partition coefficient (Wildman–Crippen LogP) is 4.50. The standard InChI is InChI=1S/C19H18FNO2/c1-19(2,3)13-6-9-16-15(11-13)21-18(22)17(23-16)10-12-4-7-14(20)8-5-12/h4-11H,1-3H3,(H,21,22)/b17-10-. The molecule has 0 spiro atoms. The van der Waals surface area contributed by atoms with Gasteiger partial charge in [-0.3, -0.25) is 4.79 Å². The maximum Gasteiger partial charge on any atom is 0.291 e. The Hall–Kier alpha value is -2.62. The first-order chi connectivity index (χ1) is 10.8. The van der Waals surface area contributed by atoms with Crippen molar-refractivity contribution >= 4 is 17.7 Å². The molecule has 23 heavy (non-hydrogen) atoms. The summed E-state index contributed by atoms with van der Waals surface area (Å²) in [6.07, 6.45) is 1.59. The molecule has 0 fully saturated rings. The molecule has 0 saturated heterocycles. The van der Waals surface area contributed by atoms with E-state index in [1.54, 1.807) is 18.2 Å². The quantitative estimate of drug-likeness (QED) is 0.788. The largest absolute Gasteiger partial charge is 0.449 e. The van der Waals surface area contributed by atoms with Crippen LogP contribution < -0.4 is 10.1 Å². The van der Waals surface area contributed by atoms with Crippen molar-refractivity contribution < 1.29 is 13.9 Å². The second kappa shape index (κ2) is 5.54. The number of anilines is 1. The van der Waals surface area contributed by atoms with Gasteiger partial charge in [-0.05, 0) is 46.9 Å². The van der Waals surface area contributed by atoms with Crippen LogP contribution in [0.2, 0.25) is 0 Å². The van der Waals surface area contributed by atoms with Gasteiger partial charge in [-0.2, -0.15) is 0 Å². The Kier molecular flexibility index (Phi) is 3.68. The molecule has 2 aromatic rings. The van der Waals surface area contributed by atoms with E-state index in [-0.39, 0.29) is 22.9 Å². The van der Waals surface area contributed by atoms with Gasteiger partial charge in [0.25, 0.3) is 5.91 Å². The lowest BCUT2D eigenvalue weighted by molar-refractivity contribution is -0.115. The third kappa shape index (κ3) is 3.26. The Morgan fingerprint density at radius 1 is 1.09 bits per heavy atom. The Labute approximate surface area is 134 Å². The van der Waals surface area contributed by atoms with Gasteiger partial charge in [0.15, 0.2) is 11.5 Å². The van der Waals surface area contributed by atoms with Gasteiger partial charge >= 0.3 is 0 Å². The first kappa shape index (κ1) is 15.3. The molecule has 4 heteroatoms. The SMILES string of the molecule is CC(C)(C)c1ccc2c(c1)NC(=O)/C(=C/c1ccc(F)cc1)O2. The Bertz CT molecular complexity index is 786. The van der Waals surface area contributed by atoms with Crippen LogP contribution in [-0.4, -0.2) is 5.91 Å². The molecule has 0 unspecified atom stereocenters. The third-order valence-electron chi connectivity index (χ3n) is 3.71. The number of fused-ring (bicyclic) bond motifs is 1. The second-order valence-corrected chi connectivity index (χ2v) is 6.58. The van der Waals surface area contributed by atoms with Gasteiger partial charge in [-0.15, -0.1) is 0 Å². The lowest BCUT2D eigenvalue weighted by atomic mass is 9.86. The van der Waals surface area contributed by atoms with E-state index in [4.69, 9.17) is 4.74 Å². The van der Waals surface area contributed by atoms with Crippen LogP contribution in [-0.2, 0) is 10.2 Å². The van der Waals surface area contributed by atoms with Crippen LogP contribution in [0.1, 0.15) is 31.9 Å². The van der Waals surface area contributed by atoms with Gasteiger partial charge in [0, 0.05) is 0 Å². The number of ether oxygens (including phenoxy) is 1. The number of carbonyl (C=O) groups is 1. The van der Waals surface area contributed by atoms with Crippen molar-refractivity contribution in [3.8, 4) is 5.75 Å². The molecule has 3 rings (SSSR count). The van der Waals surface area contributed by atoms with Crippen LogP contribution in [0, 0.1) is 5.82 Å². The summed E-state index contributed by atoms with van der Waals surface area (Å²) in [6.45, 7) is 6.33. The number of amides is 1. The lowest BCUT2D eigenvalue weighted by Crippen LogP contribution is -2.24. The van der Waals surface area contributed by atoms with Crippen molar-refractivity contribution in [2.24, 2.45) is 0 Å². The summed E-state index contributed by atoms with van der Waals surface area (Å²) in [5.41, 5.74) is 2.47. The molecule has 0 saturated carbocycles. The Morgan fingerprint density at radius 3 is 2.43 bits per heavy atom. The van der Waals surface area contributed by atoms with Gasteiger partial charge in [-0.25, -0.2) is 4.39 Å². The first-order valence-electron chi connectivity index (χ1n) is 7.44. The van der Waals surface area contributed by atoms with E-state index >= 15 is 0 Å². The number of hydrogen-bond acceptors (Lipinski definition) is 2. The minimum Gasteiger partial charge on any atom is -0.449 e. The number of benzene rings is 2. The zero-order valence-corrected chi connectivity index (χ0v) is 13.3. The number of nitrogens with one attached hydrogen (secondary N) is 1. The zero-order chi connectivity index (χ0) is 16.6. The van der Waals surface area contributed by atoms with Gasteiger partial charge in [0.05, 0.1) is 5.69 Å². The maximum absolute atomic E-state index is 12.9. The monoisotopic (exact) mass is 311 g/mol. The van der Waals surface area contributed by atoms with Crippen LogP contribution in [0.3, 0.4) is 0 Å². The molecule has 0 atom stereocenters. The molecule has 2 aromatic carbocycles. The lowest BCUT2D eigenvalue weighted by Gasteiger charge is -2.24. The maximum atomic E-state index is 12.9. The van der Waals surface area contributed by atoms with E-state index < -0.39 is 0 Å². The summed E-state index contributed by atoms with van der Waals surface area (Å²) in [5, 5.41) is 2.85. The van der Waals surface area contributed by atoms with Gasteiger partial charge < -0.3 is 10.1 Å². The van der Waals surface area contributed by atoms with Crippen molar-refractivity contribution in [3.05, 3.63) is 65.2 Å². The Morgan fingerprint density at radius 2 is 1.78 bits per heavy atom. The molecule has 3 nitrogen and oxygen atoms in total. The van der Waals surface area contributed by atoms with Crippen molar-refractivity contribution in [1.82, 2.24) is 0 Å². The molecule has 1 amide bonds. The number of rotatable bonds is 1. The fraction of sp³-hybridized carbons (Fsp3) is 0.211. The Balaban J connectivity index is 1.92. The molecule has 0 bridgehead atoms. The van der Waals surface area contributed by atoms with Crippen molar-refractivity contribution in [3.63, 3.8) is 0 Å². The van der Waals surface area contributed by atoms with E-state index in [9.17, 15) is 9.18 Å². The summed E-state index contributed by atoms with van der Waals surface area (Å²) in [4.78, 5) is 12.2. The number of carbonyl (C=O) groups excluding carboxylic acids is 1. The van der Waals surface area contributed by atoms with E-state index in [1.165, 1.54) is 12.1 Å². The summed E-state index contributed by atoms with van der Waals surface area (Å²) in [7, 11) is 0. The zero-order valence-electron chi connectivity index (χ0n) is 13.3. The van der Waals surface area contributed by atoms with E-state index in [0.29, 0.717) is 17.0 Å². The normalized spacial score (nSPS) is 15.8. The fourth-order valence-electron chi connectivity index (χ4n) is 2.34. The molecule has 0 radical (unpaired) electrons. The molecule has 0 aromatic heterocycles. The van der Waals surface area contributed by atoms with Crippen molar-refractivity contribution in [2.45, 2.75) is 26.2 Å². The molecule has 118 valence electrons. The van der Waals surface area contributed by atoms with Crippen LogP contribution in [0.5, 0.6) is 5.75 Å². The molecule has 0 aliphatic carbocycles.